The van der Waals surface area contributed by atoms with Gasteiger partial charge >= 0.3 is 0 Å². The van der Waals surface area contributed by atoms with Gasteiger partial charge in [0.2, 0.25) is 6.79 Å². The van der Waals surface area contributed by atoms with Crippen molar-refractivity contribution in [2.75, 3.05) is 26.1 Å². The fraction of sp³-hybridized carbons (Fsp3) is 0.611. The SMILES string of the molecule is CCNC(=NCCc1ccc2c(c1)OCO2)NC1CCC(SC)C1.I. The van der Waals surface area contributed by atoms with Gasteiger partial charge in [-0.25, -0.2) is 0 Å². The monoisotopic (exact) mass is 477 g/mol. The summed E-state index contributed by atoms with van der Waals surface area (Å²) in [6, 6.07) is 6.67. The number of halogens is 1. The van der Waals surface area contributed by atoms with Gasteiger partial charge in [0.15, 0.2) is 17.5 Å². The lowest BCUT2D eigenvalue weighted by Crippen LogP contribution is -2.42. The summed E-state index contributed by atoms with van der Waals surface area (Å²) in [5.41, 5.74) is 1.22. The van der Waals surface area contributed by atoms with Crippen molar-refractivity contribution in [3.8, 4) is 11.5 Å². The molecule has 0 spiro atoms. The van der Waals surface area contributed by atoms with Gasteiger partial charge in [-0.2, -0.15) is 11.8 Å². The maximum absolute atomic E-state index is 5.43. The standard InChI is InChI=1S/C18H27N3O2S.HI/c1-3-19-18(21-14-5-6-15(11-14)24-2)20-9-8-13-4-7-16-17(10-13)23-12-22-16;/h4,7,10,14-15H,3,5-6,8-9,11-12H2,1-2H3,(H2,19,20,21);1H. The highest BCUT2D eigenvalue weighted by Gasteiger charge is 2.24. The first-order valence-corrected chi connectivity index (χ1v) is 10.0. The van der Waals surface area contributed by atoms with E-state index in [1.807, 2.05) is 17.8 Å². The Hall–Kier alpha value is -0.830. The molecule has 25 heavy (non-hydrogen) atoms. The Morgan fingerprint density at radius 3 is 2.88 bits per heavy atom. The number of thioether (sulfide) groups is 1. The van der Waals surface area contributed by atoms with Crippen LogP contribution in [0.1, 0.15) is 31.7 Å². The first-order chi connectivity index (χ1) is 11.8. The van der Waals surface area contributed by atoms with Crippen LogP contribution in [-0.2, 0) is 6.42 Å². The quantitative estimate of drug-likeness (QED) is 0.374. The molecule has 1 saturated carbocycles. The molecule has 140 valence electrons. The third-order valence-corrected chi connectivity index (χ3v) is 5.61. The second kappa shape index (κ2) is 10.4. The molecule has 5 nitrogen and oxygen atoms in total. The third-order valence-electron chi connectivity index (χ3n) is 4.51. The van der Waals surface area contributed by atoms with Crippen molar-refractivity contribution in [2.45, 2.75) is 43.9 Å². The zero-order valence-corrected chi connectivity index (χ0v) is 18.1. The zero-order chi connectivity index (χ0) is 16.8. The molecule has 1 aliphatic heterocycles. The molecule has 2 N–H and O–H groups in total. The predicted molar refractivity (Wildman–Crippen MR) is 116 cm³/mol. The van der Waals surface area contributed by atoms with E-state index in [2.05, 4.69) is 35.9 Å². The highest BCUT2D eigenvalue weighted by molar-refractivity contribution is 14.0. The van der Waals surface area contributed by atoms with Gasteiger partial charge in [0.1, 0.15) is 0 Å². The van der Waals surface area contributed by atoms with Crippen molar-refractivity contribution in [3.05, 3.63) is 23.8 Å². The van der Waals surface area contributed by atoms with Crippen molar-refractivity contribution < 1.29 is 9.47 Å². The first kappa shape index (κ1) is 20.5. The number of nitrogens with zero attached hydrogens (tertiary/aromatic N) is 1. The number of nitrogens with one attached hydrogen (secondary N) is 2. The summed E-state index contributed by atoms with van der Waals surface area (Å²) in [6.45, 7) is 4.07. The summed E-state index contributed by atoms with van der Waals surface area (Å²) in [5.74, 6) is 2.61. The lowest BCUT2D eigenvalue weighted by molar-refractivity contribution is 0.174. The van der Waals surface area contributed by atoms with Crippen LogP contribution in [0.4, 0.5) is 0 Å². The number of ether oxygens (including phenoxy) is 2. The summed E-state index contributed by atoms with van der Waals surface area (Å²) in [4.78, 5) is 4.73. The minimum absolute atomic E-state index is 0. The van der Waals surface area contributed by atoms with Gasteiger partial charge in [0.25, 0.3) is 0 Å². The molecule has 3 rings (SSSR count). The fourth-order valence-corrected chi connectivity index (χ4v) is 3.99. The highest BCUT2D eigenvalue weighted by atomic mass is 127. The average Bonchev–Trinajstić information content (AvgIpc) is 3.23. The molecule has 2 atom stereocenters. The molecule has 1 aromatic carbocycles. The molecule has 7 heteroatoms. The molecule has 1 aromatic rings. The Balaban J connectivity index is 0.00000225. The number of benzene rings is 1. The summed E-state index contributed by atoms with van der Waals surface area (Å²) in [5, 5.41) is 7.74. The van der Waals surface area contributed by atoms with Crippen LogP contribution in [0.15, 0.2) is 23.2 Å². The van der Waals surface area contributed by atoms with E-state index < -0.39 is 0 Å². The smallest absolute Gasteiger partial charge is 0.231 e. The second-order valence-corrected chi connectivity index (χ2v) is 7.35. The van der Waals surface area contributed by atoms with Crippen LogP contribution in [0.25, 0.3) is 0 Å². The van der Waals surface area contributed by atoms with Gasteiger partial charge in [-0.05, 0) is 56.6 Å². The first-order valence-electron chi connectivity index (χ1n) is 8.74. The summed E-state index contributed by atoms with van der Waals surface area (Å²) in [7, 11) is 0. The number of guanidine groups is 1. The van der Waals surface area contributed by atoms with E-state index in [1.165, 1.54) is 24.8 Å². The number of hydrogen-bond donors (Lipinski definition) is 2. The van der Waals surface area contributed by atoms with Crippen LogP contribution in [0.3, 0.4) is 0 Å². The Labute approximate surface area is 171 Å². The number of fused-ring (bicyclic) bond motifs is 1. The van der Waals surface area contributed by atoms with Crippen molar-refractivity contribution >= 4 is 41.7 Å². The minimum Gasteiger partial charge on any atom is -0.454 e. The lowest BCUT2D eigenvalue weighted by Gasteiger charge is -2.17. The Morgan fingerprint density at radius 2 is 2.12 bits per heavy atom. The molecule has 0 aromatic heterocycles. The summed E-state index contributed by atoms with van der Waals surface area (Å²) >= 11 is 1.98. The molecular weight excluding hydrogens is 449 g/mol. The molecular formula is C18H28IN3O2S. The van der Waals surface area contributed by atoms with E-state index in [1.54, 1.807) is 0 Å². The molecule has 2 aliphatic rings. The van der Waals surface area contributed by atoms with E-state index in [0.717, 1.165) is 42.2 Å². The van der Waals surface area contributed by atoms with Crippen molar-refractivity contribution in [1.29, 1.82) is 0 Å². The average molecular weight is 477 g/mol. The summed E-state index contributed by atoms with van der Waals surface area (Å²) in [6.07, 6.45) is 6.87. The predicted octanol–water partition coefficient (Wildman–Crippen LogP) is 3.42. The molecule has 2 unspecified atom stereocenters. The van der Waals surface area contributed by atoms with Gasteiger partial charge in [-0.3, -0.25) is 4.99 Å². The zero-order valence-electron chi connectivity index (χ0n) is 14.9. The molecule has 0 saturated heterocycles. The highest BCUT2D eigenvalue weighted by Crippen LogP contribution is 2.32. The third kappa shape index (κ3) is 5.84. The van der Waals surface area contributed by atoms with Crippen LogP contribution in [0.2, 0.25) is 0 Å². The van der Waals surface area contributed by atoms with Gasteiger partial charge in [-0.1, -0.05) is 6.07 Å². The van der Waals surface area contributed by atoms with Crippen molar-refractivity contribution in [1.82, 2.24) is 10.6 Å². The van der Waals surface area contributed by atoms with E-state index in [0.29, 0.717) is 12.8 Å². The van der Waals surface area contributed by atoms with E-state index in [9.17, 15) is 0 Å². The molecule has 1 fully saturated rings. The minimum atomic E-state index is 0. The lowest BCUT2D eigenvalue weighted by atomic mass is 10.1. The van der Waals surface area contributed by atoms with Crippen LogP contribution in [0.5, 0.6) is 11.5 Å². The van der Waals surface area contributed by atoms with Gasteiger partial charge in [0.05, 0.1) is 0 Å². The number of aliphatic imine (C=N–C) groups is 1. The Bertz CT molecular complexity index is 585. The fourth-order valence-electron chi connectivity index (χ4n) is 3.19. The topological polar surface area (TPSA) is 54.9 Å². The number of rotatable bonds is 6. The Morgan fingerprint density at radius 1 is 1.28 bits per heavy atom. The van der Waals surface area contributed by atoms with Crippen molar-refractivity contribution in [2.24, 2.45) is 4.99 Å². The molecule has 0 radical (unpaired) electrons. The van der Waals surface area contributed by atoms with Crippen molar-refractivity contribution in [3.63, 3.8) is 0 Å². The molecule has 1 heterocycles. The maximum Gasteiger partial charge on any atom is 0.231 e. The molecule has 0 bridgehead atoms. The largest absolute Gasteiger partial charge is 0.454 e. The summed E-state index contributed by atoms with van der Waals surface area (Å²) < 4.78 is 10.8. The van der Waals surface area contributed by atoms with E-state index in [-0.39, 0.29) is 24.0 Å². The maximum atomic E-state index is 5.43. The molecule has 1 aliphatic carbocycles. The number of hydrogen-bond acceptors (Lipinski definition) is 4. The molecule has 0 amide bonds. The normalized spacial score (nSPS) is 21.8. The van der Waals surface area contributed by atoms with Crippen LogP contribution in [0, 0.1) is 0 Å². The van der Waals surface area contributed by atoms with Gasteiger partial charge < -0.3 is 20.1 Å². The van der Waals surface area contributed by atoms with Gasteiger partial charge in [0, 0.05) is 24.4 Å². The van der Waals surface area contributed by atoms with Crippen LogP contribution < -0.4 is 20.1 Å². The second-order valence-electron chi connectivity index (χ2n) is 6.21. The Kier molecular flexibility index (Phi) is 8.48. The van der Waals surface area contributed by atoms with Crippen LogP contribution in [-0.4, -0.2) is 43.4 Å². The van der Waals surface area contributed by atoms with Crippen LogP contribution >= 0.6 is 35.7 Å². The van der Waals surface area contributed by atoms with Gasteiger partial charge in [-0.15, -0.1) is 24.0 Å². The van der Waals surface area contributed by atoms with E-state index >= 15 is 0 Å². The van der Waals surface area contributed by atoms with E-state index in [4.69, 9.17) is 14.5 Å².